The van der Waals surface area contributed by atoms with E-state index in [1.54, 1.807) is 42.5 Å². The highest BCUT2D eigenvalue weighted by molar-refractivity contribution is 6.23. The molecule has 0 unspecified atom stereocenters. The van der Waals surface area contributed by atoms with E-state index in [2.05, 4.69) is 0 Å². The number of non-ortho nitro benzene ring substituents is 1. The molecule has 2 fully saturated rings. The lowest BCUT2D eigenvalue weighted by Crippen LogP contribution is -2.52. The van der Waals surface area contributed by atoms with Gasteiger partial charge in [0.15, 0.2) is 5.60 Å². The molecular formula is C25H20N2O9. The van der Waals surface area contributed by atoms with Crippen LogP contribution in [-0.4, -0.2) is 46.7 Å². The fraction of sp³-hybridized carbons (Fsp3) is 0.280. The molecule has 36 heavy (non-hydrogen) atoms. The predicted molar refractivity (Wildman–Crippen MR) is 122 cm³/mol. The molecule has 0 N–H and O–H groups in total. The molecule has 11 heteroatoms. The summed E-state index contributed by atoms with van der Waals surface area (Å²) in [5.74, 6) is -4.45. The van der Waals surface area contributed by atoms with Crippen molar-refractivity contribution in [3.8, 4) is 11.1 Å². The molecule has 2 aromatic carbocycles. The summed E-state index contributed by atoms with van der Waals surface area (Å²) in [7, 11) is 0. The van der Waals surface area contributed by atoms with Crippen molar-refractivity contribution in [3.63, 3.8) is 0 Å². The van der Waals surface area contributed by atoms with Gasteiger partial charge in [0.2, 0.25) is 11.8 Å². The number of benzene rings is 2. The highest BCUT2D eigenvalue weighted by Gasteiger charge is 2.72. The number of nitro groups is 1. The zero-order valence-corrected chi connectivity index (χ0v) is 19.2. The molecule has 2 amide bonds. The molecular weight excluding hydrogens is 472 g/mol. The molecule has 3 heterocycles. The van der Waals surface area contributed by atoms with Crippen molar-refractivity contribution in [2.24, 2.45) is 11.8 Å². The van der Waals surface area contributed by atoms with E-state index >= 15 is 0 Å². The van der Waals surface area contributed by atoms with Crippen LogP contribution < -0.4 is 4.90 Å². The molecule has 2 saturated heterocycles. The lowest BCUT2D eigenvalue weighted by molar-refractivity contribution is -0.384. The predicted octanol–water partition coefficient (Wildman–Crippen LogP) is 2.53. The second-order valence-corrected chi connectivity index (χ2v) is 8.71. The molecule has 4 atom stereocenters. The van der Waals surface area contributed by atoms with Gasteiger partial charge < -0.3 is 14.2 Å². The Bertz CT molecular complexity index is 1300. The number of imide groups is 1. The van der Waals surface area contributed by atoms with E-state index in [1.165, 1.54) is 18.2 Å². The Morgan fingerprint density at radius 3 is 2.06 bits per heavy atom. The number of nitro benzene ring substituents is 1. The molecule has 0 saturated carbocycles. The van der Waals surface area contributed by atoms with Crippen molar-refractivity contribution in [2.45, 2.75) is 31.8 Å². The van der Waals surface area contributed by atoms with Crippen LogP contribution in [0.5, 0.6) is 0 Å². The van der Waals surface area contributed by atoms with Crippen LogP contribution in [0.3, 0.4) is 0 Å². The summed E-state index contributed by atoms with van der Waals surface area (Å²) < 4.78 is 16.3. The molecule has 0 aliphatic carbocycles. The second kappa shape index (κ2) is 8.38. The number of hydrogen-bond acceptors (Lipinski definition) is 9. The summed E-state index contributed by atoms with van der Waals surface area (Å²) >= 11 is 0. The van der Waals surface area contributed by atoms with Gasteiger partial charge in [0, 0.05) is 26.0 Å². The van der Waals surface area contributed by atoms with E-state index in [1.807, 2.05) is 0 Å². The third-order valence-electron chi connectivity index (χ3n) is 6.53. The van der Waals surface area contributed by atoms with Crippen molar-refractivity contribution in [1.82, 2.24) is 0 Å². The first kappa shape index (κ1) is 23.4. The molecule has 0 radical (unpaired) electrons. The van der Waals surface area contributed by atoms with Crippen LogP contribution in [0.4, 0.5) is 11.4 Å². The number of carbonyl (C=O) groups is 4. The number of esters is 2. The standard InChI is InChI=1S/C25H20N2O9/c1-13(28)34-24(35-14(2)29)25-12-11-19(36-25)20-21(25)23(31)26(22(20)30)17-7-3-15(4-8-17)16-5-9-18(10-6-16)27(32)33/h3-12,19-21,24H,1-2H3/t19-,20+,21-,25+/m1/s1. The largest absolute Gasteiger partial charge is 0.422 e. The van der Waals surface area contributed by atoms with Gasteiger partial charge in [0.05, 0.1) is 28.6 Å². The molecule has 3 aliphatic rings. The summed E-state index contributed by atoms with van der Waals surface area (Å²) in [5.41, 5.74) is 0.140. The van der Waals surface area contributed by atoms with E-state index in [-0.39, 0.29) is 5.69 Å². The molecule has 11 nitrogen and oxygen atoms in total. The van der Waals surface area contributed by atoms with Crippen molar-refractivity contribution in [3.05, 3.63) is 70.8 Å². The fourth-order valence-electron chi connectivity index (χ4n) is 5.05. The van der Waals surface area contributed by atoms with Crippen LogP contribution >= 0.6 is 0 Å². The van der Waals surface area contributed by atoms with E-state index in [9.17, 15) is 29.3 Å². The van der Waals surface area contributed by atoms with Gasteiger partial charge in [-0.15, -0.1) is 0 Å². The number of carbonyl (C=O) groups excluding carboxylic acids is 4. The minimum absolute atomic E-state index is 0.0321. The van der Waals surface area contributed by atoms with Crippen molar-refractivity contribution < 1.29 is 38.3 Å². The molecule has 5 rings (SSSR count). The maximum atomic E-state index is 13.6. The smallest absolute Gasteiger partial charge is 0.305 e. The van der Waals surface area contributed by atoms with Gasteiger partial charge in [0.25, 0.3) is 12.0 Å². The Morgan fingerprint density at radius 2 is 1.53 bits per heavy atom. The lowest BCUT2D eigenvalue weighted by atomic mass is 9.76. The number of nitrogens with zero attached hydrogens (tertiary/aromatic N) is 2. The van der Waals surface area contributed by atoms with Crippen LogP contribution in [0.25, 0.3) is 11.1 Å². The number of ether oxygens (including phenoxy) is 3. The summed E-state index contributed by atoms with van der Waals surface area (Å²) in [6.07, 6.45) is 0.837. The SMILES string of the molecule is CC(=O)OC(OC(C)=O)[C@@]12C=C[C@@H](O1)[C@@H]1C(=O)N(c3ccc(-c4ccc([N+](=O)[O-])cc4)cc3)C(=O)[C@@H]12. The van der Waals surface area contributed by atoms with Gasteiger partial charge in [0.1, 0.15) is 0 Å². The molecule has 2 bridgehead atoms. The third-order valence-corrected chi connectivity index (χ3v) is 6.53. The number of hydrogen-bond donors (Lipinski definition) is 0. The monoisotopic (exact) mass is 492 g/mol. The van der Waals surface area contributed by atoms with E-state index in [0.717, 1.165) is 29.9 Å². The molecule has 0 spiro atoms. The average molecular weight is 492 g/mol. The Kier molecular flexibility index (Phi) is 5.44. The third kappa shape index (κ3) is 3.55. The van der Waals surface area contributed by atoms with Crippen molar-refractivity contribution >= 4 is 35.1 Å². The highest BCUT2D eigenvalue weighted by atomic mass is 16.7. The number of fused-ring (bicyclic) bond motifs is 5. The quantitative estimate of drug-likeness (QED) is 0.148. The van der Waals surface area contributed by atoms with Gasteiger partial charge in [-0.1, -0.05) is 18.2 Å². The number of amides is 2. The maximum Gasteiger partial charge on any atom is 0.305 e. The fourth-order valence-corrected chi connectivity index (χ4v) is 5.05. The molecule has 3 aliphatic heterocycles. The van der Waals surface area contributed by atoms with E-state index in [0.29, 0.717) is 5.69 Å². The van der Waals surface area contributed by atoms with Crippen LogP contribution in [0.15, 0.2) is 60.7 Å². The normalized spacial score (nSPS) is 25.9. The van der Waals surface area contributed by atoms with Gasteiger partial charge in [-0.25, -0.2) is 4.90 Å². The van der Waals surface area contributed by atoms with Gasteiger partial charge in [-0.3, -0.25) is 29.3 Å². The first-order valence-corrected chi connectivity index (χ1v) is 11.1. The summed E-state index contributed by atoms with van der Waals surface area (Å²) in [6, 6.07) is 12.6. The first-order valence-electron chi connectivity index (χ1n) is 11.1. The topological polar surface area (TPSA) is 142 Å². The molecule has 2 aromatic rings. The van der Waals surface area contributed by atoms with Crippen LogP contribution in [-0.2, 0) is 33.4 Å². The molecule has 184 valence electrons. The summed E-state index contributed by atoms with van der Waals surface area (Å²) in [5, 5.41) is 10.9. The summed E-state index contributed by atoms with van der Waals surface area (Å²) in [4.78, 5) is 61.8. The zero-order valence-electron chi connectivity index (χ0n) is 19.2. The van der Waals surface area contributed by atoms with Crippen LogP contribution in [0.2, 0.25) is 0 Å². The number of anilines is 1. The second-order valence-electron chi connectivity index (χ2n) is 8.71. The highest BCUT2D eigenvalue weighted by Crippen LogP contribution is 2.54. The van der Waals surface area contributed by atoms with Crippen LogP contribution in [0.1, 0.15) is 13.8 Å². The van der Waals surface area contributed by atoms with Gasteiger partial charge in [-0.05, 0) is 41.5 Å². The van der Waals surface area contributed by atoms with Gasteiger partial charge >= 0.3 is 11.9 Å². The Hall–Kier alpha value is -4.38. The van der Waals surface area contributed by atoms with Crippen molar-refractivity contribution in [1.29, 1.82) is 0 Å². The van der Waals surface area contributed by atoms with Gasteiger partial charge in [-0.2, -0.15) is 0 Å². The zero-order chi connectivity index (χ0) is 25.8. The Labute approximate surface area is 204 Å². The minimum Gasteiger partial charge on any atom is -0.422 e. The summed E-state index contributed by atoms with van der Waals surface area (Å²) in [6.45, 7) is 2.27. The van der Waals surface area contributed by atoms with E-state index < -0.39 is 58.5 Å². The average Bonchev–Trinajstić information content (AvgIpc) is 3.49. The van der Waals surface area contributed by atoms with Crippen LogP contribution in [0, 0.1) is 22.0 Å². The number of rotatable bonds is 6. The Balaban J connectivity index is 1.44. The lowest BCUT2D eigenvalue weighted by Gasteiger charge is -2.34. The first-order chi connectivity index (χ1) is 17.1. The van der Waals surface area contributed by atoms with E-state index in [4.69, 9.17) is 14.2 Å². The molecule has 0 aromatic heterocycles. The maximum absolute atomic E-state index is 13.6. The minimum atomic E-state index is -1.62. The Morgan fingerprint density at radius 1 is 0.972 bits per heavy atom. The van der Waals surface area contributed by atoms with Crippen molar-refractivity contribution in [2.75, 3.05) is 4.90 Å².